The van der Waals surface area contributed by atoms with E-state index in [0.717, 1.165) is 41.3 Å². The number of pyridine rings is 2. The van der Waals surface area contributed by atoms with Crippen molar-refractivity contribution in [1.82, 2.24) is 9.55 Å². The third-order valence-electron chi connectivity index (χ3n) is 7.83. The molecule has 6 rings (SSSR count). The molecule has 1 aromatic carbocycles. The molecule has 8 nitrogen and oxygen atoms in total. The predicted octanol–water partition coefficient (Wildman–Crippen LogP) is 4.51. The van der Waals surface area contributed by atoms with Crippen LogP contribution in [0.1, 0.15) is 86.4 Å². The first kappa shape index (κ1) is 31.6. The van der Waals surface area contributed by atoms with Gasteiger partial charge in [-0.25, -0.2) is 9.37 Å². The van der Waals surface area contributed by atoms with Crippen molar-refractivity contribution in [2.24, 2.45) is 5.73 Å². The quantitative estimate of drug-likeness (QED) is 0.325. The number of ketones is 2. The molecular formula is C32H38FN3O5S. The molecule has 0 saturated heterocycles. The Morgan fingerprint density at radius 3 is 2.45 bits per heavy atom. The summed E-state index contributed by atoms with van der Waals surface area (Å²) >= 11 is 1.52. The van der Waals surface area contributed by atoms with Gasteiger partial charge in [0.25, 0.3) is 5.56 Å². The fourth-order valence-corrected chi connectivity index (χ4v) is 6.51. The second-order valence-electron chi connectivity index (χ2n) is 10.9. The lowest BCUT2D eigenvalue weighted by Gasteiger charge is -2.22. The van der Waals surface area contributed by atoms with Gasteiger partial charge in [0.1, 0.15) is 11.9 Å². The Labute approximate surface area is 248 Å². The van der Waals surface area contributed by atoms with Gasteiger partial charge >= 0.3 is 0 Å². The predicted molar refractivity (Wildman–Crippen MR) is 163 cm³/mol. The van der Waals surface area contributed by atoms with E-state index in [0.29, 0.717) is 57.6 Å². The summed E-state index contributed by atoms with van der Waals surface area (Å²) in [6.07, 6.45) is 1.82. The van der Waals surface area contributed by atoms with Crippen LogP contribution in [-0.2, 0) is 40.2 Å². The number of thioether (sulfide) groups is 1. The molecule has 1 unspecified atom stereocenters. The number of carbonyl (C=O) groups is 3. The Hall–Kier alpha value is -3.37. The van der Waals surface area contributed by atoms with Crippen LogP contribution in [0.2, 0.25) is 0 Å². The smallest absolute Gasteiger partial charge is 0.254 e. The van der Waals surface area contributed by atoms with Crippen molar-refractivity contribution >= 4 is 40.1 Å². The van der Waals surface area contributed by atoms with E-state index < -0.39 is 12.0 Å². The monoisotopic (exact) mass is 595 g/mol. The van der Waals surface area contributed by atoms with Crippen LogP contribution >= 0.6 is 11.8 Å². The zero-order valence-electron chi connectivity index (χ0n) is 24.8. The fourth-order valence-electron chi connectivity index (χ4n) is 5.88. The number of rotatable bonds is 5. The Bertz CT molecular complexity index is 1650. The summed E-state index contributed by atoms with van der Waals surface area (Å²) < 4.78 is 16.2. The molecule has 3 heterocycles. The van der Waals surface area contributed by atoms with Crippen molar-refractivity contribution in [3.63, 3.8) is 0 Å². The SMILES string of the molecule is CC.CC(C)SCC(=O)CC(N)=O.Cc1c(F)cc2nc3c(c4c2c1CCC4)Cn1c-3cc2c(c1=O)CCC(=O)C2O. The Balaban J connectivity index is 0.000000267. The maximum Gasteiger partial charge on any atom is 0.254 e. The zero-order valence-corrected chi connectivity index (χ0v) is 25.6. The molecule has 1 amide bonds. The molecule has 0 fully saturated rings. The maximum atomic E-state index is 14.5. The lowest BCUT2D eigenvalue weighted by molar-refractivity contribution is -0.128. The molecule has 1 atom stereocenters. The van der Waals surface area contributed by atoms with E-state index in [1.807, 2.05) is 34.6 Å². The Kier molecular flexibility index (Phi) is 9.67. The lowest BCUT2D eigenvalue weighted by Crippen LogP contribution is -2.31. The summed E-state index contributed by atoms with van der Waals surface area (Å²) in [5, 5.41) is 11.8. The first-order chi connectivity index (χ1) is 20.0. The first-order valence-electron chi connectivity index (χ1n) is 14.5. The number of aliphatic hydroxyl groups is 1. The van der Waals surface area contributed by atoms with E-state index in [4.69, 9.17) is 10.7 Å². The van der Waals surface area contributed by atoms with Gasteiger partial charge in [0.2, 0.25) is 5.91 Å². The van der Waals surface area contributed by atoms with Gasteiger partial charge in [-0.3, -0.25) is 19.2 Å². The van der Waals surface area contributed by atoms with Crippen LogP contribution in [0, 0.1) is 12.7 Å². The molecule has 3 aliphatic rings. The van der Waals surface area contributed by atoms with E-state index in [-0.39, 0.29) is 35.8 Å². The summed E-state index contributed by atoms with van der Waals surface area (Å²) in [6, 6.07) is 3.23. The molecule has 2 aliphatic carbocycles. The standard InChI is InChI=1S/C23H19FN2O3.C7H13NO2S.C2H6/c1-10-11-3-2-4-12-15-9-26-18(21(15)25-17(20(11)12)8-16(10)24)7-14-13(23(26)29)5-6-19(27)22(14)28;1-5(2)11-4-6(9)3-7(8)10;1-2/h7-8,22,28H,2-6,9H2,1H3;5H,3-4H2,1-2H3,(H2,8,10);1-2H3. The van der Waals surface area contributed by atoms with Gasteiger partial charge in [-0.05, 0) is 66.2 Å². The molecule has 0 saturated carbocycles. The third-order valence-corrected chi connectivity index (χ3v) is 8.99. The van der Waals surface area contributed by atoms with Crippen LogP contribution < -0.4 is 11.3 Å². The zero-order chi connectivity index (χ0) is 30.9. The number of amides is 1. The average Bonchev–Trinajstić information content (AvgIpc) is 3.33. The lowest BCUT2D eigenvalue weighted by atomic mass is 9.84. The van der Waals surface area contributed by atoms with Gasteiger partial charge in [0.15, 0.2) is 11.6 Å². The highest BCUT2D eigenvalue weighted by molar-refractivity contribution is 8.00. The molecule has 3 N–H and O–H groups in total. The van der Waals surface area contributed by atoms with Gasteiger partial charge in [-0.1, -0.05) is 27.7 Å². The molecule has 0 spiro atoms. The topological polar surface area (TPSA) is 132 Å². The number of nitrogens with zero attached hydrogens (tertiary/aromatic N) is 2. The summed E-state index contributed by atoms with van der Waals surface area (Å²) in [6.45, 7) is 10.3. The minimum absolute atomic E-state index is 0.0869. The van der Waals surface area contributed by atoms with Crippen LogP contribution in [0.25, 0.3) is 22.3 Å². The third kappa shape index (κ3) is 5.92. The number of primary amides is 1. The second-order valence-corrected chi connectivity index (χ2v) is 12.5. The Morgan fingerprint density at radius 1 is 1.10 bits per heavy atom. The maximum absolute atomic E-state index is 14.5. The van der Waals surface area contributed by atoms with E-state index in [2.05, 4.69) is 0 Å². The molecule has 3 aromatic rings. The number of Topliss-reactive ketones (excluding diaryl/α,β-unsaturated/α-hetero) is 2. The highest BCUT2D eigenvalue weighted by atomic mass is 32.2. The molecule has 0 bridgehead atoms. The van der Waals surface area contributed by atoms with Gasteiger partial charge in [0.05, 0.1) is 35.6 Å². The van der Waals surface area contributed by atoms with Gasteiger partial charge in [0, 0.05) is 29.0 Å². The highest BCUT2D eigenvalue weighted by Gasteiger charge is 2.34. The van der Waals surface area contributed by atoms with Crippen LogP contribution in [0.5, 0.6) is 0 Å². The Morgan fingerprint density at radius 2 is 1.79 bits per heavy atom. The first-order valence-corrected chi connectivity index (χ1v) is 15.6. The minimum Gasteiger partial charge on any atom is -0.381 e. The second kappa shape index (κ2) is 12.9. The van der Waals surface area contributed by atoms with Crippen LogP contribution in [0.15, 0.2) is 16.9 Å². The largest absolute Gasteiger partial charge is 0.381 e. The van der Waals surface area contributed by atoms with Crippen LogP contribution in [0.3, 0.4) is 0 Å². The number of hydrogen-bond acceptors (Lipinski definition) is 7. The van der Waals surface area contributed by atoms with Gasteiger partial charge in [-0.2, -0.15) is 11.8 Å². The van der Waals surface area contributed by atoms with Crippen molar-refractivity contribution in [2.75, 3.05) is 5.75 Å². The normalized spacial score (nSPS) is 16.1. The minimum atomic E-state index is -1.26. The molecule has 224 valence electrons. The number of aryl methyl sites for hydroxylation is 2. The molecule has 1 aliphatic heterocycles. The van der Waals surface area contributed by atoms with Crippen molar-refractivity contribution in [3.8, 4) is 11.4 Å². The molecule has 10 heteroatoms. The molecule has 42 heavy (non-hydrogen) atoms. The van der Waals surface area contributed by atoms with Gasteiger partial charge < -0.3 is 15.4 Å². The van der Waals surface area contributed by atoms with E-state index in [1.165, 1.54) is 17.8 Å². The average molecular weight is 596 g/mol. The van der Waals surface area contributed by atoms with E-state index in [9.17, 15) is 28.7 Å². The summed E-state index contributed by atoms with van der Waals surface area (Å²) in [7, 11) is 0. The fraction of sp³-hybridized carbons (Fsp3) is 0.469. The number of aliphatic hydroxyl groups excluding tert-OH is 1. The van der Waals surface area contributed by atoms with Crippen molar-refractivity contribution < 1.29 is 23.9 Å². The van der Waals surface area contributed by atoms with E-state index >= 15 is 0 Å². The number of carbonyl (C=O) groups excluding carboxylic acids is 3. The molecular weight excluding hydrogens is 557 g/mol. The molecule has 0 radical (unpaired) electrons. The number of fused-ring (bicyclic) bond motifs is 5. The molecule has 2 aromatic heterocycles. The van der Waals surface area contributed by atoms with Crippen LogP contribution in [-0.4, -0.2) is 43.1 Å². The van der Waals surface area contributed by atoms with Crippen molar-refractivity contribution in [1.29, 1.82) is 0 Å². The number of benzene rings is 1. The summed E-state index contributed by atoms with van der Waals surface area (Å²) in [5.74, 6) is -0.755. The number of hydrogen-bond donors (Lipinski definition) is 2. The van der Waals surface area contributed by atoms with Crippen LogP contribution in [0.4, 0.5) is 4.39 Å². The highest BCUT2D eigenvalue weighted by Crippen LogP contribution is 2.42. The summed E-state index contributed by atoms with van der Waals surface area (Å²) in [5.41, 5.74) is 11.4. The van der Waals surface area contributed by atoms with Crippen molar-refractivity contribution in [2.45, 2.75) is 91.0 Å². The number of aromatic nitrogens is 2. The summed E-state index contributed by atoms with van der Waals surface area (Å²) in [4.78, 5) is 51.0. The number of halogens is 1. The number of nitrogens with two attached hydrogens (primary N) is 1. The van der Waals surface area contributed by atoms with E-state index in [1.54, 1.807) is 10.6 Å². The van der Waals surface area contributed by atoms with Gasteiger partial charge in [-0.15, -0.1) is 0 Å². The van der Waals surface area contributed by atoms with Crippen molar-refractivity contribution in [3.05, 3.63) is 61.7 Å².